The number of likely N-dealkylation sites (tertiary alicyclic amines) is 1. The van der Waals surface area contributed by atoms with Gasteiger partial charge in [-0.15, -0.1) is 0 Å². The summed E-state index contributed by atoms with van der Waals surface area (Å²) >= 11 is 1.69. The average Bonchev–Trinajstić information content (AvgIpc) is 3.19. The minimum Gasteiger partial charge on any atom is -0.350 e. The van der Waals surface area contributed by atoms with E-state index in [0.717, 1.165) is 25.1 Å². The van der Waals surface area contributed by atoms with Crippen molar-refractivity contribution >= 4 is 17.4 Å². The highest BCUT2D eigenvalue weighted by atomic mass is 32.1. The van der Waals surface area contributed by atoms with Crippen LogP contribution in [0, 0.1) is 6.92 Å². The van der Waals surface area contributed by atoms with Gasteiger partial charge in [0, 0.05) is 25.0 Å². The lowest BCUT2D eigenvalue weighted by atomic mass is 10.1. The first-order valence-corrected chi connectivity index (χ1v) is 8.29. The minimum atomic E-state index is 0.0440. The molecule has 0 unspecified atom stereocenters. The Balaban J connectivity index is 1.63. The lowest BCUT2D eigenvalue weighted by Gasteiger charge is -2.24. The molecule has 0 spiro atoms. The Kier molecular flexibility index (Phi) is 4.01. The molecule has 0 bridgehead atoms. The van der Waals surface area contributed by atoms with Crippen molar-refractivity contribution in [1.82, 2.24) is 14.8 Å². The first kappa shape index (κ1) is 14.2. The molecule has 2 aromatic heterocycles. The Bertz CT molecular complexity index is 618. The Morgan fingerprint density at radius 2 is 2.29 bits per heavy atom. The molecule has 4 nitrogen and oxygen atoms in total. The number of nitrogens with zero attached hydrogens (tertiary/aromatic N) is 2. The van der Waals surface area contributed by atoms with Crippen LogP contribution in [-0.2, 0) is 13.6 Å². The predicted molar refractivity (Wildman–Crippen MR) is 85.4 cm³/mol. The van der Waals surface area contributed by atoms with E-state index in [4.69, 9.17) is 0 Å². The molecule has 1 aliphatic heterocycles. The first-order chi connectivity index (χ1) is 10.2. The SMILES string of the molecule is Cc1ccc(CNC(=O)N2CCC[C@@H]2c2ccsc2)n1C. The van der Waals surface area contributed by atoms with E-state index in [1.807, 2.05) is 11.9 Å². The number of aromatic nitrogens is 1. The molecule has 1 aliphatic rings. The van der Waals surface area contributed by atoms with E-state index in [1.165, 1.54) is 11.3 Å². The second kappa shape index (κ2) is 5.93. The van der Waals surface area contributed by atoms with Gasteiger partial charge in [-0.2, -0.15) is 11.3 Å². The number of carbonyl (C=O) groups is 1. The van der Waals surface area contributed by atoms with Gasteiger partial charge in [0.1, 0.15) is 0 Å². The zero-order valence-electron chi connectivity index (χ0n) is 12.5. The van der Waals surface area contributed by atoms with Gasteiger partial charge in [0.15, 0.2) is 0 Å². The molecule has 112 valence electrons. The number of carbonyl (C=O) groups excluding carboxylic acids is 1. The van der Waals surface area contributed by atoms with E-state index in [0.29, 0.717) is 6.54 Å². The molecular weight excluding hydrogens is 282 g/mol. The van der Waals surface area contributed by atoms with Crippen LogP contribution in [0.5, 0.6) is 0 Å². The molecule has 21 heavy (non-hydrogen) atoms. The van der Waals surface area contributed by atoms with E-state index < -0.39 is 0 Å². The van der Waals surface area contributed by atoms with Crippen molar-refractivity contribution in [3.8, 4) is 0 Å². The predicted octanol–water partition coefficient (Wildman–Crippen LogP) is 3.44. The van der Waals surface area contributed by atoms with Crippen molar-refractivity contribution in [1.29, 1.82) is 0 Å². The van der Waals surface area contributed by atoms with Crippen LogP contribution >= 0.6 is 11.3 Å². The van der Waals surface area contributed by atoms with E-state index in [1.54, 1.807) is 11.3 Å². The molecule has 0 saturated carbocycles. The van der Waals surface area contributed by atoms with Gasteiger partial charge in [-0.1, -0.05) is 0 Å². The Labute approximate surface area is 129 Å². The first-order valence-electron chi connectivity index (χ1n) is 7.34. The third-order valence-corrected chi connectivity index (χ3v) is 5.04. The summed E-state index contributed by atoms with van der Waals surface area (Å²) in [5.74, 6) is 0. The molecule has 2 amide bonds. The highest BCUT2D eigenvalue weighted by molar-refractivity contribution is 7.07. The lowest BCUT2D eigenvalue weighted by molar-refractivity contribution is 0.192. The van der Waals surface area contributed by atoms with E-state index in [2.05, 4.69) is 45.8 Å². The van der Waals surface area contributed by atoms with E-state index in [9.17, 15) is 4.79 Å². The second-order valence-corrected chi connectivity index (χ2v) is 6.37. The zero-order chi connectivity index (χ0) is 14.8. The van der Waals surface area contributed by atoms with Crippen LogP contribution in [0.15, 0.2) is 29.0 Å². The van der Waals surface area contributed by atoms with Gasteiger partial charge in [0.2, 0.25) is 0 Å². The van der Waals surface area contributed by atoms with Gasteiger partial charge in [-0.05, 0) is 54.3 Å². The molecular formula is C16H21N3OS. The standard InChI is InChI=1S/C16H21N3OS/c1-12-5-6-14(18(12)2)10-17-16(20)19-8-3-4-15(19)13-7-9-21-11-13/h5-7,9,11,15H,3-4,8,10H2,1-2H3,(H,17,20)/t15-/m1/s1. The van der Waals surface area contributed by atoms with Gasteiger partial charge < -0.3 is 14.8 Å². The van der Waals surface area contributed by atoms with Crippen LogP contribution in [-0.4, -0.2) is 22.0 Å². The molecule has 1 atom stereocenters. The maximum absolute atomic E-state index is 12.5. The van der Waals surface area contributed by atoms with Crippen molar-refractivity contribution in [3.05, 3.63) is 45.9 Å². The Morgan fingerprint density at radius 3 is 2.95 bits per heavy atom. The third-order valence-electron chi connectivity index (χ3n) is 4.34. The summed E-state index contributed by atoms with van der Waals surface area (Å²) in [5.41, 5.74) is 3.60. The van der Waals surface area contributed by atoms with Gasteiger partial charge >= 0.3 is 6.03 Å². The van der Waals surface area contributed by atoms with Crippen molar-refractivity contribution in [3.63, 3.8) is 0 Å². The summed E-state index contributed by atoms with van der Waals surface area (Å²) in [4.78, 5) is 14.4. The number of nitrogens with one attached hydrogen (secondary N) is 1. The number of thiophene rings is 1. The van der Waals surface area contributed by atoms with Crippen LogP contribution in [0.3, 0.4) is 0 Å². The van der Waals surface area contributed by atoms with Crippen LogP contribution in [0.4, 0.5) is 4.79 Å². The molecule has 0 aromatic carbocycles. The van der Waals surface area contributed by atoms with Crippen LogP contribution in [0.2, 0.25) is 0 Å². The summed E-state index contributed by atoms with van der Waals surface area (Å²) in [5, 5.41) is 7.29. The van der Waals surface area contributed by atoms with E-state index >= 15 is 0 Å². The molecule has 1 saturated heterocycles. The minimum absolute atomic E-state index is 0.0440. The van der Waals surface area contributed by atoms with Gasteiger partial charge in [-0.3, -0.25) is 0 Å². The fourth-order valence-electron chi connectivity index (χ4n) is 2.93. The smallest absolute Gasteiger partial charge is 0.318 e. The van der Waals surface area contributed by atoms with Gasteiger partial charge in [-0.25, -0.2) is 4.79 Å². The fourth-order valence-corrected chi connectivity index (χ4v) is 3.64. The number of aryl methyl sites for hydroxylation is 1. The fraction of sp³-hybridized carbons (Fsp3) is 0.438. The Morgan fingerprint density at radius 1 is 1.43 bits per heavy atom. The molecule has 2 aromatic rings. The van der Waals surface area contributed by atoms with Crippen molar-refractivity contribution in [2.75, 3.05) is 6.54 Å². The lowest BCUT2D eigenvalue weighted by Crippen LogP contribution is -2.39. The molecule has 1 fully saturated rings. The van der Waals surface area contributed by atoms with Gasteiger partial charge in [0.25, 0.3) is 0 Å². The molecule has 1 N–H and O–H groups in total. The number of hydrogen-bond donors (Lipinski definition) is 1. The number of hydrogen-bond acceptors (Lipinski definition) is 2. The molecule has 5 heteroatoms. The third kappa shape index (κ3) is 2.83. The van der Waals surface area contributed by atoms with Crippen LogP contribution < -0.4 is 5.32 Å². The van der Waals surface area contributed by atoms with Crippen molar-refractivity contribution in [2.24, 2.45) is 7.05 Å². The summed E-state index contributed by atoms with van der Waals surface area (Å²) in [7, 11) is 2.03. The quantitative estimate of drug-likeness (QED) is 0.926. The molecule has 3 rings (SSSR count). The zero-order valence-corrected chi connectivity index (χ0v) is 13.3. The Hall–Kier alpha value is -1.75. The monoisotopic (exact) mass is 303 g/mol. The van der Waals surface area contributed by atoms with Crippen LogP contribution in [0.1, 0.15) is 35.8 Å². The average molecular weight is 303 g/mol. The molecule has 0 radical (unpaired) electrons. The topological polar surface area (TPSA) is 37.3 Å². The van der Waals surface area contributed by atoms with Crippen LogP contribution in [0.25, 0.3) is 0 Å². The summed E-state index contributed by atoms with van der Waals surface area (Å²) in [6.07, 6.45) is 2.14. The van der Waals surface area contributed by atoms with E-state index in [-0.39, 0.29) is 12.1 Å². The highest BCUT2D eigenvalue weighted by Crippen LogP contribution is 2.32. The maximum atomic E-state index is 12.5. The number of amides is 2. The summed E-state index contributed by atoms with van der Waals surface area (Å²) in [6, 6.07) is 6.55. The normalized spacial score (nSPS) is 18.2. The molecule has 0 aliphatic carbocycles. The molecule has 3 heterocycles. The summed E-state index contributed by atoms with van der Waals surface area (Å²) < 4.78 is 2.11. The second-order valence-electron chi connectivity index (χ2n) is 5.59. The maximum Gasteiger partial charge on any atom is 0.318 e. The largest absolute Gasteiger partial charge is 0.350 e. The number of urea groups is 1. The van der Waals surface area contributed by atoms with Crippen molar-refractivity contribution in [2.45, 2.75) is 32.4 Å². The van der Waals surface area contributed by atoms with Gasteiger partial charge in [0.05, 0.1) is 12.6 Å². The van der Waals surface area contributed by atoms with Crippen molar-refractivity contribution < 1.29 is 4.79 Å². The summed E-state index contributed by atoms with van der Waals surface area (Å²) in [6.45, 7) is 3.49. The number of rotatable bonds is 3. The highest BCUT2D eigenvalue weighted by Gasteiger charge is 2.30.